The van der Waals surface area contributed by atoms with E-state index in [1.807, 2.05) is 0 Å². The van der Waals surface area contributed by atoms with Crippen molar-refractivity contribution >= 4 is 39.5 Å². The van der Waals surface area contributed by atoms with Crippen LogP contribution in [0.2, 0.25) is 0 Å². The van der Waals surface area contributed by atoms with E-state index in [9.17, 15) is 43.2 Å². The van der Waals surface area contributed by atoms with Crippen LogP contribution in [0.4, 0.5) is 0 Å². The average Bonchev–Trinajstić information content (AvgIpc) is 0.962. The monoisotopic (exact) mass is 1510 g/mol. The molecule has 0 aliphatic heterocycles. The van der Waals surface area contributed by atoms with Gasteiger partial charge in [0.2, 0.25) is 0 Å². The zero-order valence-corrected chi connectivity index (χ0v) is 69.4. The van der Waals surface area contributed by atoms with Crippen LogP contribution >= 0.6 is 15.6 Å². The molecule has 0 aliphatic carbocycles. The number of aliphatic hydroxyl groups excluding tert-OH is 1. The van der Waals surface area contributed by atoms with Crippen molar-refractivity contribution in [3.05, 3.63) is 0 Å². The molecule has 0 saturated heterocycles. The van der Waals surface area contributed by atoms with Gasteiger partial charge in [0.15, 0.2) is 12.2 Å². The van der Waals surface area contributed by atoms with Gasteiger partial charge < -0.3 is 33.8 Å². The Morgan fingerprint density at radius 2 is 0.447 bits per heavy atom. The number of aliphatic hydroxyl groups is 1. The van der Waals surface area contributed by atoms with Crippen LogP contribution in [0.5, 0.6) is 0 Å². The Balaban J connectivity index is 5.22. The molecule has 17 nitrogen and oxygen atoms in total. The van der Waals surface area contributed by atoms with Gasteiger partial charge in [-0.3, -0.25) is 37.3 Å². The fourth-order valence-corrected chi connectivity index (χ4v) is 14.6. The van der Waals surface area contributed by atoms with Crippen LogP contribution in [-0.2, 0) is 65.4 Å². The molecule has 3 N–H and O–H groups in total. The summed E-state index contributed by atoms with van der Waals surface area (Å²) in [5, 5.41) is 10.7. The highest BCUT2D eigenvalue weighted by atomic mass is 31.2. The summed E-state index contributed by atoms with van der Waals surface area (Å²) < 4.78 is 68.8. The van der Waals surface area contributed by atoms with Crippen LogP contribution in [0.25, 0.3) is 0 Å². The van der Waals surface area contributed by atoms with Crippen molar-refractivity contribution in [2.24, 2.45) is 11.8 Å². The molecular weight excluding hydrogens is 1340 g/mol. The maximum absolute atomic E-state index is 13.1. The van der Waals surface area contributed by atoms with Crippen LogP contribution < -0.4 is 0 Å². The first-order chi connectivity index (χ1) is 49.9. The normalized spacial score (nSPS) is 13.9. The van der Waals surface area contributed by atoms with Gasteiger partial charge in [0.25, 0.3) is 0 Å². The molecule has 0 radical (unpaired) electrons. The van der Waals surface area contributed by atoms with Gasteiger partial charge in [-0.1, -0.05) is 395 Å². The smallest absolute Gasteiger partial charge is 0.462 e. The fourth-order valence-electron chi connectivity index (χ4n) is 13.1. The number of carbonyl (C=O) groups excluding carboxylic acids is 4. The minimum atomic E-state index is -4.96. The summed E-state index contributed by atoms with van der Waals surface area (Å²) in [4.78, 5) is 73.1. The van der Waals surface area contributed by atoms with Crippen molar-refractivity contribution in [2.45, 2.75) is 464 Å². The number of phosphoric acid groups is 2. The van der Waals surface area contributed by atoms with Crippen LogP contribution in [0.1, 0.15) is 446 Å². The Bertz CT molecular complexity index is 1980. The predicted octanol–water partition coefficient (Wildman–Crippen LogP) is 25.5. The summed E-state index contributed by atoms with van der Waals surface area (Å²) in [6.45, 7) is 9.64. The largest absolute Gasteiger partial charge is 0.472 e. The van der Waals surface area contributed by atoms with Gasteiger partial charge in [-0.15, -0.1) is 0 Å². The van der Waals surface area contributed by atoms with Crippen molar-refractivity contribution < 1.29 is 80.2 Å². The Kier molecular flexibility index (Phi) is 74.1. The summed E-state index contributed by atoms with van der Waals surface area (Å²) in [5.41, 5.74) is 0. The molecule has 0 rings (SSSR count). The van der Waals surface area contributed by atoms with Gasteiger partial charge >= 0.3 is 39.5 Å². The third kappa shape index (κ3) is 78.0. The van der Waals surface area contributed by atoms with E-state index < -0.39 is 97.5 Å². The van der Waals surface area contributed by atoms with Crippen molar-refractivity contribution in [2.75, 3.05) is 39.6 Å². The SMILES string of the molecule is CCCCCCCCCCCCCCCCCCCCCCCCC(=O)O[C@H](COC(=O)CCCCCCCCCCCCCCCCC(C)C)COP(=O)(O)OC[C@@H](O)COP(=O)(O)OC[C@@H](COC(=O)CCCCCCCCCCC(C)C)OC(=O)CCCCCCCCCCCCCCC. The molecule has 5 atom stereocenters. The number of hydrogen-bond acceptors (Lipinski definition) is 15. The van der Waals surface area contributed by atoms with Crippen molar-refractivity contribution in [3.63, 3.8) is 0 Å². The van der Waals surface area contributed by atoms with Crippen molar-refractivity contribution in [1.29, 1.82) is 0 Å². The second-order valence-corrected chi connectivity index (χ2v) is 34.1. The first-order valence-electron chi connectivity index (χ1n) is 43.5. The van der Waals surface area contributed by atoms with Gasteiger partial charge in [-0.2, -0.15) is 0 Å². The number of esters is 4. The summed E-state index contributed by atoms with van der Waals surface area (Å²) in [6, 6.07) is 0. The molecule has 19 heteroatoms. The highest BCUT2D eigenvalue weighted by Crippen LogP contribution is 2.45. The third-order valence-corrected chi connectivity index (χ3v) is 21.6. The maximum Gasteiger partial charge on any atom is 0.472 e. The molecule has 0 saturated carbocycles. The standard InChI is InChI=1S/C84H164O17P2/c1-7-9-11-13-15-17-19-21-22-23-24-25-26-27-28-29-35-39-43-51-57-63-69-84(89)100-79(72-94-81(86)66-60-54-48-41-37-34-31-30-33-36-40-46-52-58-64-76(3)4)74-98-102(90,91)96-70-78(85)71-97-103(92,93)99-75-80(73-95-82(87)67-61-55-49-45-44-47-53-59-65-77(5)6)101-83(88)68-62-56-50-42-38-32-20-18-16-14-12-10-8-2/h76-80,85H,7-75H2,1-6H3,(H,90,91)(H,92,93)/t78-,79-,80-/m1/s1. The third-order valence-electron chi connectivity index (χ3n) is 19.7. The molecule has 0 aromatic rings. The number of rotatable bonds is 83. The first-order valence-corrected chi connectivity index (χ1v) is 46.5. The summed E-state index contributed by atoms with van der Waals surface area (Å²) in [5.74, 6) is -0.580. The van der Waals surface area contributed by atoms with E-state index in [2.05, 4.69) is 41.5 Å². The van der Waals surface area contributed by atoms with E-state index in [1.165, 1.54) is 263 Å². The second-order valence-electron chi connectivity index (χ2n) is 31.2. The molecule has 0 heterocycles. The quantitative estimate of drug-likeness (QED) is 0.0222. The minimum Gasteiger partial charge on any atom is -0.462 e. The van der Waals surface area contributed by atoms with Gasteiger partial charge in [0.1, 0.15) is 19.3 Å². The van der Waals surface area contributed by atoms with Crippen LogP contribution in [0, 0.1) is 11.8 Å². The van der Waals surface area contributed by atoms with E-state index in [0.717, 1.165) is 102 Å². The molecule has 103 heavy (non-hydrogen) atoms. The van der Waals surface area contributed by atoms with Crippen LogP contribution in [0.15, 0.2) is 0 Å². The summed E-state index contributed by atoms with van der Waals surface area (Å²) in [6.07, 6.45) is 66.7. The molecule has 0 spiro atoms. The summed E-state index contributed by atoms with van der Waals surface area (Å²) >= 11 is 0. The highest BCUT2D eigenvalue weighted by molar-refractivity contribution is 7.47. The molecule has 0 aromatic carbocycles. The van der Waals surface area contributed by atoms with E-state index in [4.69, 9.17) is 37.0 Å². The molecule has 612 valence electrons. The molecule has 0 bridgehead atoms. The Morgan fingerprint density at radius 3 is 0.660 bits per heavy atom. The number of unbranched alkanes of at least 4 members (excludes halogenated alkanes) is 53. The highest BCUT2D eigenvalue weighted by Gasteiger charge is 2.30. The zero-order valence-electron chi connectivity index (χ0n) is 67.6. The summed E-state index contributed by atoms with van der Waals surface area (Å²) in [7, 11) is -9.92. The van der Waals surface area contributed by atoms with E-state index in [-0.39, 0.29) is 25.7 Å². The maximum atomic E-state index is 13.1. The van der Waals surface area contributed by atoms with E-state index in [0.29, 0.717) is 25.7 Å². The molecule has 0 aliphatic rings. The van der Waals surface area contributed by atoms with E-state index >= 15 is 0 Å². The Morgan fingerprint density at radius 1 is 0.262 bits per heavy atom. The number of hydrogen-bond donors (Lipinski definition) is 3. The predicted molar refractivity (Wildman–Crippen MR) is 423 cm³/mol. The number of phosphoric ester groups is 2. The van der Waals surface area contributed by atoms with Gasteiger partial charge in [0, 0.05) is 25.7 Å². The van der Waals surface area contributed by atoms with Crippen molar-refractivity contribution in [3.8, 4) is 0 Å². The fraction of sp³-hybridized carbons (Fsp3) is 0.952. The van der Waals surface area contributed by atoms with E-state index in [1.54, 1.807) is 0 Å². The molecule has 0 aromatic heterocycles. The van der Waals surface area contributed by atoms with Crippen LogP contribution in [-0.4, -0.2) is 96.7 Å². The molecule has 0 fully saturated rings. The minimum absolute atomic E-state index is 0.107. The lowest BCUT2D eigenvalue weighted by atomic mass is 10.0. The number of carbonyl (C=O) groups is 4. The number of ether oxygens (including phenoxy) is 4. The van der Waals surface area contributed by atoms with Gasteiger partial charge in [-0.05, 0) is 37.5 Å². The first kappa shape index (κ1) is 101. The topological polar surface area (TPSA) is 237 Å². The van der Waals surface area contributed by atoms with Crippen LogP contribution in [0.3, 0.4) is 0 Å². The van der Waals surface area contributed by atoms with Gasteiger partial charge in [0.05, 0.1) is 26.4 Å². The molecule has 0 amide bonds. The Labute approximate surface area is 632 Å². The lowest BCUT2D eigenvalue weighted by Crippen LogP contribution is -2.30. The lowest BCUT2D eigenvalue weighted by Gasteiger charge is -2.21. The zero-order chi connectivity index (χ0) is 75.6. The molecular formula is C84H164O17P2. The second kappa shape index (κ2) is 75.5. The van der Waals surface area contributed by atoms with Crippen molar-refractivity contribution in [1.82, 2.24) is 0 Å². The Hall–Kier alpha value is -1.94. The van der Waals surface area contributed by atoms with Gasteiger partial charge in [-0.25, -0.2) is 9.13 Å². The molecule has 2 unspecified atom stereocenters. The lowest BCUT2D eigenvalue weighted by molar-refractivity contribution is -0.161. The average molecular weight is 1510 g/mol.